The van der Waals surface area contributed by atoms with Crippen molar-refractivity contribution >= 4 is 0 Å². The zero-order valence-corrected chi connectivity index (χ0v) is 11.7. The van der Waals surface area contributed by atoms with E-state index in [2.05, 4.69) is 43.4 Å². The summed E-state index contributed by atoms with van der Waals surface area (Å²) in [5, 5.41) is 14.5. The molecule has 0 amide bonds. The fourth-order valence-corrected chi connectivity index (χ4v) is 3.33. The molecular formula is C16H23NO2. The van der Waals surface area contributed by atoms with E-state index in [9.17, 15) is 5.11 Å². The van der Waals surface area contributed by atoms with Gasteiger partial charge in [0.25, 0.3) is 0 Å². The van der Waals surface area contributed by atoms with E-state index in [1.54, 1.807) is 0 Å². The Bertz CT molecular complexity index is 429. The van der Waals surface area contributed by atoms with Crippen molar-refractivity contribution in [2.45, 2.75) is 50.3 Å². The SMILES string of the molecule is CC(C)c1ccc(C2(O)CC3COCC(C2)N3)cc1. The minimum Gasteiger partial charge on any atom is -0.385 e. The predicted octanol–water partition coefficient (Wildman–Crippen LogP) is 2.15. The summed E-state index contributed by atoms with van der Waals surface area (Å²) in [7, 11) is 0. The molecule has 0 aromatic heterocycles. The highest BCUT2D eigenvalue weighted by molar-refractivity contribution is 5.30. The Morgan fingerprint density at radius 1 is 1.16 bits per heavy atom. The van der Waals surface area contributed by atoms with Gasteiger partial charge in [-0.3, -0.25) is 0 Å². The number of hydrogen-bond acceptors (Lipinski definition) is 3. The van der Waals surface area contributed by atoms with Crippen LogP contribution in [-0.2, 0) is 10.3 Å². The molecule has 0 aliphatic carbocycles. The number of benzene rings is 1. The number of ether oxygens (including phenoxy) is 1. The number of piperidine rings is 1. The number of aliphatic hydroxyl groups is 1. The minimum absolute atomic E-state index is 0.280. The lowest BCUT2D eigenvalue weighted by molar-refractivity contribution is -0.0802. The van der Waals surface area contributed by atoms with Crippen LogP contribution in [-0.4, -0.2) is 30.4 Å². The first-order chi connectivity index (χ1) is 9.07. The van der Waals surface area contributed by atoms with Crippen molar-refractivity contribution in [2.75, 3.05) is 13.2 Å². The normalized spacial score (nSPS) is 34.5. The third kappa shape index (κ3) is 2.55. The summed E-state index contributed by atoms with van der Waals surface area (Å²) in [6.07, 6.45) is 1.48. The molecule has 2 bridgehead atoms. The monoisotopic (exact) mass is 261 g/mol. The second-order valence-corrected chi connectivity index (χ2v) is 6.31. The lowest BCUT2D eigenvalue weighted by Crippen LogP contribution is -2.58. The summed E-state index contributed by atoms with van der Waals surface area (Å²) in [4.78, 5) is 0. The molecule has 104 valence electrons. The summed E-state index contributed by atoms with van der Waals surface area (Å²) in [6.45, 7) is 5.80. The summed E-state index contributed by atoms with van der Waals surface area (Å²) in [5.74, 6) is 0.532. The molecule has 0 saturated carbocycles. The van der Waals surface area contributed by atoms with Gasteiger partial charge >= 0.3 is 0 Å². The standard InChI is InChI=1S/C16H23NO2/c1-11(2)12-3-5-13(6-4-12)16(18)7-14-9-19-10-15(8-16)17-14/h3-6,11,14-15,17-18H,7-10H2,1-2H3. The largest absolute Gasteiger partial charge is 0.385 e. The Morgan fingerprint density at radius 3 is 2.26 bits per heavy atom. The molecule has 3 nitrogen and oxygen atoms in total. The Kier molecular flexibility index (Phi) is 3.37. The predicted molar refractivity (Wildman–Crippen MR) is 75.2 cm³/mol. The van der Waals surface area contributed by atoms with E-state index < -0.39 is 5.60 Å². The summed E-state index contributed by atoms with van der Waals surface area (Å²) >= 11 is 0. The fourth-order valence-electron chi connectivity index (χ4n) is 3.33. The van der Waals surface area contributed by atoms with Crippen molar-refractivity contribution in [3.05, 3.63) is 35.4 Å². The van der Waals surface area contributed by atoms with Crippen LogP contribution in [0.3, 0.4) is 0 Å². The molecule has 2 N–H and O–H groups in total. The van der Waals surface area contributed by atoms with E-state index in [4.69, 9.17) is 4.74 Å². The molecule has 19 heavy (non-hydrogen) atoms. The van der Waals surface area contributed by atoms with Crippen molar-refractivity contribution in [1.29, 1.82) is 0 Å². The number of hydrogen-bond donors (Lipinski definition) is 2. The second-order valence-electron chi connectivity index (χ2n) is 6.31. The van der Waals surface area contributed by atoms with Crippen LogP contribution in [0.1, 0.15) is 43.7 Å². The van der Waals surface area contributed by atoms with Gasteiger partial charge in [0.1, 0.15) is 0 Å². The second kappa shape index (κ2) is 4.89. The van der Waals surface area contributed by atoms with Gasteiger partial charge in [0.05, 0.1) is 18.8 Å². The quantitative estimate of drug-likeness (QED) is 0.857. The van der Waals surface area contributed by atoms with E-state index in [0.717, 1.165) is 18.4 Å². The van der Waals surface area contributed by atoms with E-state index in [1.807, 2.05) is 0 Å². The lowest BCUT2D eigenvalue weighted by atomic mass is 9.78. The van der Waals surface area contributed by atoms with Crippen LogP contribution < -0.4 is 5.32 Å². The number of morpholine rings is 1. The lowest BCUT2D eigenvalue weighted by Gasteiger charge is -2.45. The Balaban J connectivity index is 1.83. The summed E-state index contributed by atoms with van der Waals surface area (Å²) in [5.41, 5.74) is 1.68. The molecule has 1 aromatic rings. The third-order valence-electron chi connectivity index (χ3n) is 4.39. The van der Waals surface area contributed by atoms with E-state index >= 15 is 0 Å². The molecule has 2 atom stereocenters. The van der Waals surface area contributed by atoms with Crippen LogP contribution in [0, 0.1) is 0 Å². The van der Waals surface area contributed by atoms with Crippen molar-refractivity contribution in [3.8, 4) is 0 Å². The van der Waals surface area contributed by atoms with Crippen LogP contribution in [0.5, 0.6) is 0 Å². The van der Waals surface area contributed by atoms with Crippen LogP contribution >= 0.6 is 0 Å². The van der Waals surface area contributed by atoms with Gasteiger partial charge in [0.15, 0.2) is 0 Å². The average Bonchev–Trinajstić information content (AvgIpc) is 2.38. The van der Waals surface area contributed by atoms with Gasteiger partial charge in [-0.1, -0.05) is 38.1 Å². The van der Waals surface area contributed by atoms with Crippen molar-refractivity contribution in [3.63, 3.8) is 0 Å². The molecule has 1 aromatic carbocycles. The van der Waals surface area contributed by atoms with Gasteiger partial charge in [-0.15, -0.1) is 0 Å². The van der Waals surface area contributed by atoms with E-state index in [-0.39, 0.29) is 12.1 Å². The number of nitrogens with one attached hydrogen (secondary N) is 1. The van der Waals surface area contributed by atoms with Gasteiger partial charge in [0.2, 0.25) is 0 Å². The van der Waals surface area contributed by atoms with Crippen molar-refractivity contribution in [1.82, 2.24) is 5.32 Å². The molecule has 2 saturated heterocycles. The molecule has 0 radical (unpaired) electrons. The van der Waals surface area contributed by atoms with Crippen LogP contribution in [0.25, 0.3) is 0 Å². The Hall–Kier alpha value is -0.900. The molecular weight excluding hydrogens is 238 g/mol. The topological polar surface area (TPSA) is 41.5 Å². The first-order valence-corrected chi connectivity index (χ1v) is 7.23. The first kappa shape index (κ1) is 13.1. The Morgan fingerprint density at radius 2 is 1.74 bits per heavy atom. The average molecular weight is 261 g/mol. The molecule has 3 rings (SSSR count). The van der Waals surface area contributed by atoms with Crippen LogP contribution in [0.2, 0.25) is 0 Å². The van der Waals surface area contributed by atoms with E-state index in [0.29, 0.717) is 19.1 Å². The Labute approximate surface area is 115 Å². The zero-order valence-electron chi connectivity index (χ0n) is 11.7. The number of fused-ring (bicyclic) bond motifs is 2. The molecule has 2 aliphatic heterocycles. The van der Waals surface area contributed by atoms with E-state index in [1.165, 1.54) is 5.56 Å². The molecule has 2 fully saturated rings. The van der Waals surface area contributed by atoms with Gasteiger partial charge < -0.3 is 15.2 Å². The smallest absolute Gasteiger partial charge is 0.0927 e. The van der Waals surface area contributed by atoms with Crippen molar-refractivity contribution < 1.29 is 9.84 Å². The molecule has 0 spiro atoms. The van der Waals surface area contributed by atoms with Crippen LogP contribution in [0.4, 0.5) is 0 Å². The number of rotatable bonds is 2. The molecule has 2 heterocycles. The van der Waals surface area contributed by atoms with Crippen LogP contribution in [0.15, 0.2) is 24.3 Å². The molecule has 2 unspecified atom stereocenters. The zero-order chi connectivity index (χ0) is 13.5. The summed E-state index contributed by atoms with van der Waals surface area (Å²) in [6, 6.07) is 9.04. The summed E-state index contributed by atoms with van der Waals surface area (Å²) < 4.78 is 5.54. The first-order valence-electron chi connectivity index (χ1n) is 7.23. The van der Waals surface area contributed by atoms with Gasteiger partial charge in [-0.25, -0.2) is 0 Å². The third-order valence-corrected chi connectivity index (χ3v) is 4.39. The maximum atomic E-state index is 11.0. The van der Waals surface area contributed by atoms with Gasteiger partial charge in [-0.2, -0.15) is 0 Å². The van der Waals surface area contributed by atoms with Crippen molar-refractivity contribution in [2.24, 2.45) is 0 Å². The highest BCUT2D eigenvalue weighted by atomic mass is 16.5. The minimum atomic E-state index is -0.695. The molecule has 2 aliphatic rings. The van der Waals surface area contributed by atoms with Gasteiger partial charge in [0, 0.05) is 12.1 Å². The highest BCUT2D eigenvalue weighted by Gasteiger charge is 2.42. The maximum Gasteiger partial charge on any atom is 0.0927 e. The molecule has 3 heteroatoms. The van der Waals surface area contributed by atoms with Gasteiger partial charge in [-0.05, 0) is 29.9 Å². The highest BCUT2D eigenvalue weighted by Crippen LogP contribution is 2.37. The maximum absolute atomic E-state index is 11.0. The fraction of sp³-hybridized carbons (Fsp3) is 0.625.